The molecule has 0 aliphatic heterocycles. The zero-order valence-corrected chi connectivity index (χ0v) is 12.7. The summed E-state index contributed by atoms with van der Waals surface area (Å²) in [4.78, 5) is 11.9. The molecule has 2 rings (SSSR count). The topological polar surface area (TPSA) is 51.5 Å². The van der Waals surface area contributed by atoms with Crippen LogP contribution in [-0.4, -0.2) is 18.6 Å². The van der Waals surface area contributed by atoms with Crippen molar-refractivity contribution in [3.05, 3.63) is 28.4 Å². The summed E-state index contributed by atoms with van der Waals surface area (Å²) in [6.07, 6.45) is 0.0290. The van der Waals surface area contributed by atoms with Crippen molar-refractivity contribution in [2.45, 2.75) is 26.9 Å². The summed E-state index contributed by atoms with van der Waals surface area (Å²) in [5, 5.41) is 3.62. The van der Waals surface area contributed by atoms with Crippen LogP contribution in [0.4, 0.5) is 0 Å². The van der Waals surface area contributed by atoms with Gasteiger partial charge in [-0.05, 0) is 48.8 Å². The third kappa shape index (κ3) is 3.10. The van der Waals surface area contributed by atoms with Gasteiger partial charge >= 0.3 is 0 Å². The van der Waals surface area contributed by atoms with Crippen LogP contribution in [0.2, 0.25) is 0 Å². The number of hydrogen-bond donors (Lipinski definition) is 1. The summed E-state index contributed by atoms with van der Waals surface area (Å²) >= 11 is 3.29. The maximum absolute atomic E-state index is 11.9. The Morgan fingerprint density at radius 2 is 2.16 bits per heavy atom. The van der Waals surface area contributed by atoms with E-state index in [1.807, 2.05) is 26.8 Å². The first kappa shape index (κ1) is 13.9. The molecule has 19 heavy (non-hydrogen) atoms. The van der Waals surface area contributed by atoms with Gasteiger partial charge in [-0.3, -0.25) is 4.79 Å². The molecule has 0 radical (unpaired) electrons. The molecule has 0 bridgehead atoms. The SMILES string of the molecule is CCNC(=O)c1cc(OC(C)C)c2cc(Br)oc2c1. The molecular weight excluding hydrogens is 310 g/mol. The lowest BCUT2D eigenvalue weighted by atomic mass is 10.1. The van der Waals surface area contributed by atoms with Crippen molar-refractivity contribution in [2.24, 2.45) is 0 Å². The number of carbonyl (C=O) groups is 1. The van der Waals surface area contributed by atoms with Crippen molar-refractivity contribution in [2.75, 3.05) is 6.54 Å². The second-order valence-corrected chi connectivity index (χ2v) is 5.24. The molecule has 4 nitrogen and oxygen atoms in total. The Labute approximate surface area is 120 Å². The van der Waals surface area contributed by atoms with Crippen LogP contribution >= 0.6 is 15.9 Å². The van der Waals surface area contributed by atoms with Crippen LogP contribution in [0.3, 0.4) is 0 Å². The first-order valence-electron chi connectivity index (χ1n) is 6.19. The monoisotopic (exact) mass is 325 g/mol. The number of amides is 1. The largest absolute Gasteiger partial charge is 0.490 e. The number of nitrogens with one attached hydrogen (secondary N) is 1. The van der Waals surface area contributed by atoms with Crippen LogP contribution in [0.25, 0.3) is 11.0 Å². The van der Waals surface area contributed by atoms with Crippen molar-refractivity contribution in [1.82, 2.24) is 5.32 Å². The Bertz CT molecular complexity index is 604. The van der Waals surface area contributed by atoms with Gasteiger partial charge in [-0.25, -0.2) is 0 Å². The highest BCUT2D eigenvalue weighted by molar-refractivity contribution is 9.10. The van der Waals surface area contributed by atoms with E-state index in [1.165, 1.54) is 0 Å². The van der Waals surface area contributed by atoms with Crippen molar-refractivity contribution in [1.29, 1.82) is 0 Å². The Morgan fingerprint density at radius 3 is 2.79 bits per heavy atom. The molecule has 1 amide bonds. The second-order valence-electron chi connectivity index (χ2n) is 4.46. The fourth-order valence-electron chi connectivity index (χ4n) is 1.82. The smallest absolute Gasteiger partial charge is 0.251 e. The zero-order chi connectivity index (χ0) is 14.0. The average molecular weight is 326 g/mol. The molecule has 0 aliphatic rings. The van der Waals surface area contributed by atoms with Crippen LogP contribution in [-0.2, 0) is 0 Å². The van der Waals surface area contributed by atoms with Gasteiger partial charge in [0.25, 0.3) is 5.91 Å². The molecule has 1 N–H and O–H groups in total. The lowest BCUT2D eigenvalue weighted by molar-refractivity contribution is 0.0955. The minimum atomic E-state index is -0.134. The van der Waals surface area contributed by atoms with Crippen LogP contribution in [0, 0.1) is 0 Å². The van der Waals surface area contributed by atoms with E-state index < -0.39 is 0 Å². The number of fused-ring (bicyclic) bond motifs is 1. The lowest BCUT2D eigenvalue weighted by Gasteiger charge is -2.12. The predicted molar refractivity (Wildman–Crippen MR) is 77.7 cm³/mol. The minimum Gasteiger partial charge on any atom is -0.490 e. The molecule has 2 aromatic rings. The van der Waals surface area contributed by atoms with Crippen molar-refractivity contribution < 1.29 is 13.9 Å². The fourth-order valence-corrected chi connectivity index (χ4v) is 2.22. The number of rotatable bonds is 4. The van der Waals surface area contributed by atoms with E-state index in [4.69, 9.17) is 9.15 Å². The highest BCUT2D eigenvalue weighted by Gasteiger charge is 2.15. The molecule has 1 heterocycles. The number of ether oxygens (including phenoxy) is 1. The summed E-state index contributed by atoms with van der Waals surface area (Å²) < 4.78 is 11.9. The van der Waals surface area contributed by atoms with Crippen LogP contribution < -0.4 is 10.1 Å². The molecule has 0 unspecified atom stereocenters. The fraction of sp³-hybridized carbons (Fsp3) is 0.357. The maximum atomic E-state index is 11.9. The second kappa shape index (κ2) is 5.65. The summed E-state index contributed by atoms with van der Waals surface area (Å²) in [6, 6.07) is 5.31. The van der Waals surface area contributed by atoms with Gasteiger partial charge in [0, 0.05) is 18.2 Å². The third-order valence-electron chi connectivity index (χ3n) is 2.53. The van der Waals surface area contributed by atoms with Gasteiger partial charge < -0.3 is 14.5 Å². The Balaban J connectivity index is 2.52. The predicted octanol–water partition coefficient (Wildman–Crippen LogP) is 3.73. The van der Waals surface area contributed by atoms with E-state index in [-0.39, 0.29) is 12.0 Å². The summed E-state index contributed by atoms with van der Waals surface area (Å²) in [7, 11) is 0. The molecule has 5 heteroatoms. The zero-order valence-electron chi connectivity index (χ0n) is 11.1. The first-order chi connectivity index (χ1) is 9.01. The van der Waals surface area contributed by atoms with Gasteiger partial charge in [-0.1, -0.05) is 0 Å². The van der Waals surface area contributed by atoms with E-state index in [0.29, 0.717) is 28.1 Å². The lowest BCUT2D eigenvalue weighted by Crippen LogP contribution is -2.22. The Morgan fingerprint density at radius 1 is 1.42 bits per heavy atom. The third-order valence-corrected chi connectivity index (χ3v) is 2.92. The van der Waals surface area contributed by atoms with Gasteiger partial charge in [-0.15, -0.1) is 0 Å². The van der Waals surface area contributed by atoms with E-state index in [9.17, 15) is 4.79 Å². The van der Waals surface area contributed by atoms with Gasteiger partial charge in [0.2, 0.25) is 0 Å². The Kier molecular flexibility index (Phi) is 4.14. The molecule has 0 aliphatic carbocycles. The van der Waals surface area contributed by atoms with Crippen molar-refractivity contribution in [3.63, 3.8) is 0 Å². The molecule has 0 fully saturated rings. The van der Waals surface area contributed by atoms with E-state index in [1.54, 1.807) is 12.1 Å². The normalized spacial score (nSPS) is 11.0. The summed E-state index contributed by atoms with van der Waals surface area (Å²) in [6.45, 7) is 6.35. The van der Waals surface area contributed by atoms with Crippen LogP contribution in [0.5, 0.6) is 5.75 Å². The molecule has 1 aromatic heterocycles. The van der Waals surface area contributed by atoms with Crippen molar-refractivity contribution in [3.8, 4) is 5.75 Å². The standard InChI is InChI=1S/C14H16BrNO3/c1-4-16-14(17)9-5-11(18-8(2)3)10-7-13(15)19-12(10)6-9/h5-8H,4H2,1-3H3,(H,16,17). The van der Waals surface area contributed by atoms with Gasteiger partial charge in [0.05, 0.1) is 11.5 Å². The van der Waals surface area contributed by atoms with Gasteiger partial charge in [-0.2, -0.15) is 0 Å². The molecule has 0 saturated heterocycles. The summed E-state index contributed by atoms with van der Waals surface area (Å²) in [5.74, 6) is 0.522. The number of hydrogen-bond acceptors (Lipinski definition) is 3. The molecule has 102 valence electrons. The van der Waals surface area contributed by atoms with E-state index >= 15 is 0 Å². The van der Waals surface area contributed by atoms with E-state index in [2.05, 4.69) is 21.2 Å². The van der Waals surface area contributed by atoms with Crippen LogP contribution in [0.1, 0.15) is 31.1 Å². The first-order valence-corrected chi connectivity index (χ1v) is 6.98. The highest BCUT2D eigenvalue weighted by atomic mass is 79.9. The number of carbonyl (C=O) groups excluding carboxylic acids is 1. The number of benzene rings is 1. The summed E-state index contributed by atoms with van der Waals surface area (Å²) in [5.41, 5.74) is 1.16. The number of halogens is 1. The van der Waals surface area contributed by atoms with Crippen LogP contribution in [0.15, 0.2) is 27.3 Å². The maximum Gasteiger partial charge on any atom is 0.251 e. The molecule has 0 atom stereocenters. The van der Waals surface area contributed by atoms with Gasteiger partial charge in [0.1, 0.15) is 11.3 Å². The molecule has 1 aromatic carbocycles. The number of furan rings is 1. The minimum absolute atomic E-state index is 0.0290. The Hall–Kier alpha value is -1.49. The molecule has 0 spiro atoms. The van der Waals surface area contributed by atoms with Gasteiger partial charge in [0.15, 0.2) is 4.67 Å². The molecular formula is C14H16BrNO3. The van der Waals surface area contributed by atoms with E-state index in [0.717, 1.165) is 5.39 Å². The van der Waals surface area contributed by atoms with Crippen molar-refractivity contribution >= 4 is 32.8 Å². The molecule has 0 saturated carbocycles. The highest BCUT2D eigenvalue weighted by Crippen LogP contribution is 2.33. The average Bonchev–Trinajstić information content (AvgIpc) is 2.69. The quantitative estimate of drug-likeness (QED) is 0.931.